The quantitative estimate of drug-likeness (QED) is 0.889. The van der Waals surface area contributed by atoms with Crippen molar-refractivity contribution in [3.05, 3.63) is 52.5 Å². The Morgan fingerprint density at radius 3 is 2.40 bits per heavy atom. The number of methoxy groups -OCH3 is 1. The van der Waals surface area contributed by atoms with E-state index in [4.69, 9.17) is 4.74 Å². The molecule has 0 bridgehead atoms. The molecule has 0 saturated heterocycles. The van der Waals surface area contributed by atoms with Crippen molar-refractivity contribution in [1.29, 1.82) is 0 Å². The van der Waals surface area contributed by atoms with E-state index in [0.29, 0.717) is 0 Å². The zero-order chi connectivity index (χ0) is 14.5. The third kappa shape index (κ3) is 3.67. The predicted molar refractivity (Wildman–Crippen MR) is 88.8 cm³/mol. The number of nitrogens with one attached hydrogen (secondary N) is 1. The highest BCUT2D eigenvalue weighted by Gasteiger charge is 2.03. The molecule has 2 rings (SSSR count). The number of ether oxygens (including phenoxy) is 1. The second kappa shape index (κ2) is 6.66. The minimum Gasteiger partial charge on any atom is -0.495 e. The molecular weight excluding hydrogens is 316 g/mol. The number of anilines is 2. The molecule has 0 atom stereocenters. The average Bonchev–Trinajstić information content (AvgIpc) is 2.45. The first kappa shape index (κ1) is 14.7. The summed E-state index contributed by atoms with van der Waals surface area (Å²) < 4.78 is 6.38. The van der Waals surface area contributed by atoms with E-state index < -0.39 is 0 Å². The van der Waals surface area contributed by atoms with Crippen LogP contribution in [-0.4, -0.2) is 21.2 Å². The van der Waals surface area contributed by atoms with Crippen LogP contribution in [0.5, 0.6) is 5.75 Å². The first-order valence-corrected chi connectivity index (χ1v) is 7.23. The zero-order valence-corrected chi connectivity index (χ0v) is 13.6. The van der Waals surface area contributed by atoms with Gasteiger partial charge >= 0.3 is 0 Å². The minimum atomic E-state index is 0.764. The van der Waals surface area contributed by atoms with Crippen LogP contribution < -0.4 is 15.0 Å². The van der Waals surface area contributed by atoms with Crippen LogP contribution >= 0.6 is 15.9 Å². The van der Waals surface area contributed by atoms with Crippen molar-refractivity contribution in [3.8, 4) is 5.75 Å². The van der Waals surface area contributed by atoms with Crippen molar-refractivity contribution in [1.82, 2.24) is 0 Å². The maximum absolute atomic E-state index is 5.35. The van der Waals surface area contributed by atoms with Gasteiger partial charge in [0.2, 0.25) is 0 Å². The summed E-state index contributed by atoms with van der Waals surface area (Å²) in [5, 5.41) is 3.40. The van der Waals surface area contributed by atoms with Gasteiger partial charge < -0.3 is 15.0 Å². The van der Waals surface area contributed by atoms with Gasteiger partial charge in [0.15, 0.2) is 0 Å². The van der Waals surface area contributed by atoms with E-state index in [0.717, 1.165) is 22.5 Å². The monoisotopic (exact) mass is 334 g/mol. The van der Waals surface area contributed by atoms with Crippen LogP contribution in [0.15, 0.2) is 46.9 Å². The molecular formula is C16H19BrN2O. The number of hydrogen-bond acceptors (Lipinski definition) is 3. The summed E-state index contributed by atoms with van der Waals surface area (Å²) in [6.45, 7) is 0.764. The van der Waals surface area contributed by atoms with Gasteiger partial charge in [-0.1, -0.05) is 28.1 Å². The summed E-state index contributed by atoms with van der Waals surface area (Å²) in [7, 11) is 5.76. The van der Waals surface area contributed by atoms with Crippen molar-refractivity contribution < 1.29 is 4.74 Å². The maximum atomic E-state index is 5.35. The van der Waals surface area contributed by atoms with E-state index in [1.807, 2.05) is 32.3 Å². The predicted octanol–water partition coefficient (Wildman–Crippen LogP) is 4.14. The molecule has 0 amide bonds. The molecule has 0 aliphatic rings. The zero-order valence-electron chi connectivity index (χ0n) is 12.0. The number of halogens is 1. The third-order valence-corrected chi connectivity index (χ3v) is 3.59. The Morgan fingerprint density at radius 2 is 1.80 bits per heavy atom. The van der Waals surface area contributed by atoms with Gasteiger partial charge in [0.25, 0.3) is 0 Å². The largest absolute Gasteiger partial charge is 0.495 e. The minimum absolute atomic E-state index is 0.764. The van der Waals surface area contributed by atoms with Crippen molar-refractivity contribution in [2.75, 3.05) is 31.4 Å². The SMILES string of the molecule is COc1ccc(Br)cc1NCc1ccc(N(C)C)cc1. The highest BCUT2D eigenvalue weighted by Crippen LogP contribution is 2.28. The molecule has 0 fully saturated rings. The smallest absolute Gasteiger partial charge is 0.142 e. The van der Waals surface area contributed by atoms with Crippen LogP contribution in [0.2, 0.25) is 0 Å². The summed E-state index contributed by atoms with van der Waals surface area (Å²) in [5.74, 6) is 0.845. The second-order valence-electron chi connectivity index (χ2n) is 4.76. The number of benzene rings is 2. The molecule has 0 spiro atoms. The summed E-state index contributed by atoms with van der Waals surface area (Å²) in [6, 6.07) is 14.4. The van der Waals surface area contributed by atoms with Crippen molar-refractivity contribution in [2.45, 2.75) is 6.54 Å². The number of nitrogens with zero attached hydrogens (tertiary/aromatic N) is 1. The van der Waals surface area contributed by atoms with Gasteiger partial charge in [-0.15, -0.1) is 0 Å². The highest BCUT2D eigenvalue weighted by molar-refractivity contribution is 9.10. The molecule has 2 aromatic carbocycles. The topological polar surface area (TPSA) is 24.5 Å². The van der Waals surface area contributed by atoms with E-state index >= 15 is 0 Å². The fourth-order valence-electron chi connectivity index (χ4n) is 1.93. The van der Waals surface area contributed by atoms with Crippen LogP contribution in [-0.2, 0) is 6.54 Å². The van der Waals surface area contributed by atoms with Crippen molar-refractivity contribution >= 4 is 27.3 Å². The van der Waals surface area contributed by atoms with E-state index in [9.17, 15) is 0 Å². The van der Waals surface area contributed by atoms with E-state index in [-0.39, 0.29) is 0 Å². The fraction of sp³-hybridized carbons (Fsp3) is 0.250. The number of rotatable bonds is 5. The Labute approximate surface area is 128 Å². The van der Waals surface area contributed by atoms with Gasteiger partial charge in [0, 0.05) is 30.8 Å². The Bertz CT molecular complexity index is 567. The molecule has 0 unspecified atom stereocenters. The lowest BCUT2D eigenvalue weighted by Gasteiger charge is -2.14. The van der Waals surface area contributed by atoms with Crippen LogP contribution in [0.1, 0.15) is 5.56 Å². The lowest BCUT2D eigenvalue weighted by Crippen LogP contribution is -2.08. The lowest BCUT2D eigenvalue weighted by molar-refractivity contribution is 0.416. The summed E-state index contributed by atoms with van der Waals surface area (Å²) in [6.07, 6.45) is 0. The van der Waals surface area contributed by atoms with Crippen LogP contribution in [0, 0.1) is 0 Å². The molecule has 3 nitrogen and oxygen atoms in total. The van der Waals surface area contributed by atoms with Gasteiger partial charge in [-0.05, 0) is 35.9 Å². The van der Waals surface area contributed by atoms with E-state index in [1.165, 1.54) is 11.3 Å². The molecule has 0 saturated carbocycles. The standard InChI is InChI=1S/C16H19BrN2O/c1-19(2)14-7-4-12(5-8-14)11-18-15-10-13(17)6-9-16(15)20-3/h4-10,18H,11H2,1-3H3. The molecule has 20 heavy (non-hydrogen) atoms. The Morgan fingerprint density at radius 1 is 1.10 bits per heavy atom. The molecule has 0 aliphatic carbocycles. The molecule has 0 radical (unpaired) electrons. The van der Waals surface area contributed by atoms with E-state index in [2.05, 4.69) is 50.4 Å². The maximum Gasteiger partial charge on any atom is 0.142 e. The molecule has 0 aliphatic heterocycles. The molecule has 1 N–H and O–H groups in total. The van der Waals surface area contributed by atoms with E-state index in [1.54, 1.807) is 7.11 Å². The van der Waals surface area contributed by atoms with Crippen molar-refractivity contribution in [3.63, 3.8) is 0 Å². The summed E-state index contributed by atoms with van der Waals surface area (Å²) in [4.78, 5) is 2.09. The summed E-state index contributed by atoms with van der Waals surface area (Å²) >= 11 is 3.48. The normalized spacial score (nSPS) is 10.2. The van der Waals surface area contributed by atoms with Crippen LogP contribution in [0.25, 0.3) is 0 Å². The van der Waals surface area contributed by atoms with Crippen LogP contribution in [0.4, 0.5) is 11.4 Å². The Kier molecular flexibility index (Phi) is 4.90. The molecule has 0 heterocycles. The molecule has 106 valence electrons. The third-order valence-electron chi connectivity index (χ3n) is 3.10. The van der Waals surface area contributed by atoms with Crippen LogP contribution in [0.3, 0.4) is 0 Å². The van der Waals surface area contributed by atoms with Gasteiger partial charge in [-0.2, -0.15) is 0 Å². The summed E-state index contributed by atoms with van der Waals surface area (Å²) in [5.41, 5.74) is 3.42. The molecule has 0 aromatic heterocycles. The average molecular weight is 335 g/mol. The van der Waals surface area contributed by atoms with Gasteiger partial charge in [0.1, 0.15) is 5.75 Å². The van der Waals surface area contributed by atoms with Gasteiger partial charge in [-0.25, -0.2) is 0 Å². The van der Waals surface area contributed by atoms with Gasteiger partial charge in [-0.3, -0.25) is 0 Å². The first-order valence-electron chi connectivity index (χ1n) is 6.44. The highest BCUT2D eigenvalue weighted by atomic mass is 79.9. The van der Waals surface area contributed by atoms with Gasteiger partial charge in [0.05, 0.1) is 12.8 Å². The molecule has 4 heteroatoms. The first-order chi connectivity index (χ1) is 9.60. The van der Waals surface area contributed by atoms with Crippen molar-refractivity contribution in [2.24, 2.45) is 0 Å². The lowest BCUT2D eigenvalue weighted by atomic mass is 10.2. The number of hydrogen-bond donors (Lipinski definition) is 1. The molecule has 2 aromatic rings. The second-order valence-corrected chi connectivity index (χ2v) is 5.67. The Hall–Kier alpha value is -1.68. The Balaban J connectivity index is 2.06. The fourth-order valence-corrected chi connectivity index (χ4v) is 2.29.